The van der Waals surface area contributed by atoms with E-state index in [2.05, 4.69) is 4.98 Å². The highest BCUT2D eigenvalue weighted by Gasteiger charge is 2.32. The van der Waals surface area contributed by atoms with Gasteiger partial charge in [0.15, 0.2) is 0 Å². The second-order valence-corrected chi connectivity index (χ2v) is 4.58. The lowest BCUT2D eigenvalue weighted by Crippen LogP contribution is -2.32. The van der Waals surface area contributed by atoms with Crippen LogP contribution in [0.3, 0.4) is 0 Å². The van der Waals surface area contributed by atoms with Gasteiger partial charge in [-0.05, 0) is 11.6 Å². The van der Waals surface area contributed by atoms with Gasteiger partial charge in [0.05, 0.1) is 6.42 Å². The second kappa shape index (κ2) is 4.80. The molecule has 20 heavy (non-hydrogen) atoms. The van der Waals surface area contributed by atoms with Crippen molar-refractivity contribution in [2.75, 3.05) is 0 Å². The van der Waals surface area contributed by atoms with Crippen LogP contribution in [0.15, 0.2) is 30.5 Å². The normalized spacial score (nSPS) is 15.1. The number of hydroxylamine groups is 2. The van der Waals surface area contributed by atoms with Crippen molar-refractivity contribution in [3.8, 4) is 0 Å². The van der Waals surface area contributed by atoms with Crippen molar-refractivity contribution < 1.29 is 19.2 Å². The number of carbonyl (C=O) groups is 3. The van der Waals surface area contributed by atoms with Crippen molar-refractivity contribution in [1.29, 1.82) is 0 Å². The standard InChI is InChI=1S/C14H12N2O4/c17-12-5-6-13(18)16(12)20-14(19)7-9-8-15-11-4-2-1-3-10(9)11/h1-4,8,15H,5-7H2. The summed E-state index contributed by atoms with van der Waals surface area (Å²) in [6, 6.07) is 7.55. The molecule has 1 aliphatic heterocycles. The van der Waals surface area contributed by atoms with E-state index in [-0.39, 0.29) is 19.3 Å². The quantitative estimate of drug-likeness (QED) is 0.854. The maximum absolute atomic E-state index is 11.8. The van der Waals surface area contributed by atoms with Crippen LogP contribution in [0.5, 0.6) is 0 Å². The first-order valence-electron chi connectivity index (χ1n) is 6.27. The van der Waals surface area contributed by atoms with Crippen molar-refractivity contribution in [1.82, 2.24) is 10.0 Å². The average molecular weight is 272 g/mol. The Kier molecular flexibility index (Phi) is 2.98. The number of rotatable bonds is 3. The number of nitrogens with one attached hydrogen (secondary N) is 1. The number of hydrogen-bond acceptors (Lipinski definition) is 4. The third-order valence-electron chi connectivity index (χ3n) is 3.21. The molecular formula is C14H12N2O4. The summed E-state index contributed by atoms with van der Waals surface area (Å²) in [7, 11) is 0. The molecule has 1 fully saturated rings. The van der Waals surface area contributed by atoms with Crippen LogP contribution in [0.4, 0.5) is 0 Å². The number of aromatic amines is 1. The van der Waals surface area contributed by atoms with Crippen molar-refractivity contribution in [3.63, 3.8) is 0 Å². The lowest BCUT2D eigenvalue weighted by molar-refractivity contribution is -0.197. The molecule has 102 valence electrons. The Balaban J connectivity index is 1.73. The fourth-order valence-electron chi connectivity index (χ4n) is 2.23. The third-order valence-corrected chi connectivity index (χ3v) is 3.21. The predicted molar refractivity (Wildman–Crippen MR) is 69.2 cm³/mol. The molecule has 1 aromatic heterocycles. The van der Waals surface area contributed by atoms with Crippen LogP contribution in [0.1, 0.15) is 18.4 Å². The molecule has 1 saturated heterocycles. The van der Waals surface area contributed by atoms with Crippen LogP contribution in [0.2, 0.25) is 0 Å². The maximum Gasteiger partial charge on any atom is 0.337 e. The van der Waals surface area contributed by atoms with E-state index < -0.39 is 17.8 Å². The predicted octanol–water partition coefficient (Wildman–Crippen LogP) is 1.32. The Hall–Kier alpha value is -2.63. The van der Waals surface area contributed by atoms with Gasteiger partial charge in [0.1, 0.15) is 0 Å². The second-order valence-electron chi connectivity index (χ2n) is 4.58. The Morgan fingerprint density at radius 1 is 1.20 bits per heavy atom. The van der Waals surface area contributed by atoms with Gasteiger partial charge in [-0.1, -0.05) is 18.2 Å². The third kappa shape index (κ3) is 2.16. The summed E-state index contributed by atoms with van der Waals surface area (Å²) in [5.74, 6) is -1.57. The zero-order valence-electron chi connectivity index (χ0n) is 10.6. The largest absolute Gasteiger partial charge is 0.361 e. The molecule has 0 aliphatic carbocycles. The van der Waals surface area contributed by atoms with Crippen LogP contribution in [-0.2, 0) is 25.6 Å². The van der Waals surface area contributed by atoms with Crippen LogP contribution in [-0.4, -0.2) is 27.8 Å². The molecule has 0 radical (unpaired) electrons. The summed E-state index contributed by atoms with van der Waals surface area (Å²) in [6.07, 6.45) is 1.92. The Morgan fingerprint density at radius 3 is 2.65 bits per heavy atom. The summed E-state index contributed by atoms with van der Waals surface area (Å²) < 4.78 is 0. The van der Waals surface area contributed by atoms with Crippen molar-refractivity contribution in [2.24, 2.45) is 0 Å². The summed E-state index contributed by atoms with van der Waals surface area (Å²) in [4.78, 5) is 42.4. The Morgan fingerprint density at radius 2 is 1.90 bits per heavy atom. The van der Waals surface area contributed by atoms with Crippen molar-refractivity contribution in [2.45, 2.75) is 19.3 Å². The number of carbonyl (C=O) groups excluding carboxylic acids is 3. The van der Waals surface area contributed by atoms with E-state index in [9.17, 15) is 14.4 Å². The van der Waals surface area contributed by atoms with E-state index in [1.165, 1.54) is 0 Å². The smallest absolute Gasteiger partial charge is 0.337 e. The van der Waals surface area contributed by atoms with Gasteiger partial charge in [0, 0.05) is 29.9 Å². The highest BCUT2D eigenvalue weighted by atomic mass is 16.7. The average Bonchev–Trinajstić information content (AvgIpc) is 2.98. The fraction of sp³-hybridized carbons (Fsp3) is 0.214. The lowest BCUT2D eigenvalue weighted by atomic mass is 10.1. The summed E-state index contributed by atoms with van der Waals surface area (Å²) in [5.41, 5.74) is 1.69. The summed E-state index contributed by atoms with van der Waals surface area (Å²) in [5, 5.41) is 1.49. The number of amides is 2. The van der Waals surface area contributed by atoms with Crippen LogP contribution in [0, 0.1) is 0 Å². The number of imide groups is 1. The van der Waals surface area contributed by atoms with E-state index in [0.717, 1.165) is 16.5 Å². The minimum Gasteiger partial charge on any atom is -0.361 e. The van der Waals surface area contributed by atoms with Crippen LogP contribution >= 0.6 is 0 Å². The molecule has 3 rings (SSSR count). The van der Waals surface area contributed by atoms with E-state index in [0.29, 0.717) is 5.06 Å². The van der Waals surface area contributed by atoms with Crippen molar-refractivity contribution >= 4 is 28.7 Å². The van der Waals surface area contributed by atoms with Gasteiger partial charge in [-0.25, -0.2) is 4.79 Å². The van der Waals surface area contributed by atoms with Crippen LogP contribution < -0.4 is 0 Å². The molecule has 1 aliphatic rings. The highest BCUT2D eigenvalue weighted by Crippen LogP contribution is 2.19. The van der Waals surface area contributed by atoms with Gasteiger partial charge in [-0.3, -0.25) is 9.59 Å². The molecule has 6 nitrogen and oxygen atoms in total. The molecule has 1 aromatic carbocycles. The summed E-state index contributed by atoms with van der Waals surface area (Å²) in [6.45, 7) is 0. The summed E-state index contributed by atoms with van der Waals surface area (Å²) >= 11 is 0. The maximum atomic E-state index is 11.8. The lowest BCUT2D eigenvalue weighted by Gasteiger charge is -2.12. The zero-order chi connectivity index (χ0) is 14.1. The van der Waals surface area contributed by atoms with E-state index in [1.54, 1.807) is 6.20 Å². The molecule has 0 spiro atoms. The minimum atomic E-state index is -0.627. The molecule has 0 atom stereocenters. The number of hydrogen-bond donors (Lipinski definition) is 1. The van der Waals surface area contributed by atoms with Gasteiger partial charge in [-0.2, -0.15) is 0 Å². The van der Waals surface area contributed by atoms with E-state index in [1.807, 2.05) is 24.3 Å². The first-order chi connectivity index (χ1) is 9.65. The molecule has 1 N–H and O–H groups in total. The SMILES string of the molecule is O=C(Cc1c[nH]c2ccccc12)ON1C(=O)CCC1=O. The van der Waals surface area contributed by atoms with Crippen LogP contribution in [0.25, 0.3) is 10.9 Å². The first-order valence-corrected chi connectivity index (χ1v) is 6.27. The Labute approximate surface area is 114 Å². The molecule has 0 bridgehead atoms. The molecule has 0 unspecified atom stereocenters. The molecule has 2 aromatic rings. The highest BCUT2D eigenvalue weighted by molar-refractivity contribution is 6.01. The number of fused-ring (bicyclic) bond motifs is 1. The van der Waals surface area contributed by atoms with Gasteiger partial charge < -0.3 is 9.82 Å². The fourth-order valence-corrected chi connectivity index (χ4v) is 2.23. The molecule has 2 heterocycles. The number of benzene rings is 1. The molecule has 2 amide bonds. The minimum absolute atomic E-state index is 0.00106. The molecular weight excluding hydrogens is 260 g/mol. The number of nitrogens with zero attached hydrogens (tertiary/aromatic N) is 1. The molecule has 6 heteroatoms. The number of H-pyrrole nitrogens is 1. The van der Waals surface area contributed by atoms with Gasteiger partial charge >= 0.3 is 5.97 Å². The van der Waals surface area contributed by atoms with E-state index in [4.69, 9.17) is 4.84 Å². The van der Waals surface area contributed by atoms with Gasteiger partial charge in [0.2, 0.25) is 0 Å². The van der Waals surface area contributed by atoms with Gasteiger partial charge in [-0.15, -0.1) is 5.06 Å². The topological polar surface area (TPSA) is 79.5 Å². The van der Waals surface area contributed by atoms with E-state index >= 15 is 0 Å². The Bertz CT molecular complexity index is 688. The monoisotopic (exact) mass is 272 g/mol. The first kappa shape index (κ1) is 12.4. The van der Waals surface area contributed by atoms with Gasteiger partial charge in [0.25, 0.3) is 11.8 Å². The number of aromatic nitrogens is 1. The van der Waals surface area contributed by atoms with Crippen molar-refractivity contribution in [3.05, 3.63) is 36.0 Å². The number of para-hydroxylation sites is 1. The molecule has 0 saturated carbocycles. The zero-order valence-corrected chi connectivity index (χ0v) is 10.6.